The number of allylic oxidation sites excluding steroid dienone is 9. The lowest BCUT2D eigenvalue weighted by atomic mass is 9.99. The lowest BCUT2D eigenvalue weighted by Crippen LogP contribution is -2.60. The van der Waals surface area contributed by atoms with Crippen molar-refractivity contribution in [3.63, 3.8) is 0 Å². The summed E-state index contributed by atoms with van der Waals surface area (Å²) in [6, 6.07) is -0.832. The molecule has 0 aliphatic carbocycles. The molecular formula is C84H155NO10. The fourth-order valence-corrected chi connectivity index (χ4v) is 13.0. The summed E-state index contributed by atoms with van der Waals surface area (Å²) >= 11 is 0. The van der Waals surface area contributed by atoms with Gasteiger partial charge in [-0.25, -0.2) is 0 Å². The van der Waals surface area contributed by atoms with Gasteiger partial charge in [0.1, 0.15) is 24.4 Å². The molecule has 1 heterocycles. The van der Waals surface area contributed by atoms with Gasteiger partial charge in [0, 0.05) is 12.8 Å². The number of unbranched alkanes of at least 4 members (excludes halogenated alkanes) is 51. The minimum absolute atomic E-state index is 0.0191. The van der Waals surface area contributed by atoms with Crippen LogP contribution in [0.25, 0.3) is 0 Å². The maximum Gasteiger partial charge on any atom is 0.305 e. The summed E-state index contributed by atoms with van der Waals surface area (Å²) in [6.07, 6.45) is 88.7. The SMILES string of the molecule is CC/C=C/CC/C=C/CC/C=C/C(O)C(COC1OC(CO)C(O)C(O)C1O)NC(=O)CCCCCCCCCCCCCCCCCCC/C=C\C/C=C\CCCCCCCCCCCCCCCCCOC(=O)CCCCCCCCCCCCCCCCCCCC. The van der Waals surface area contributed by atoms with E-state index >= 15 is 0 Å². The van der Waals surface area contributed by atoms with E-state index in [4.69, 9.17) is 14.2 Å². The first kappa shape index (κ1) is 90.4. The van der Waals surface area contributed by atoms with Gasteiger partial charge in [-0.1, -0.05) is 364 Å². The predicted molar refractivity (Wildman–Crippen MR) is 403 cm³/mol. The second-order valence-electron chi connectivity index (χ2n) is 28.4. The zero-order chi connectivity index (χ0) is 68.6. The zero-order valence-electron chi connectivity index (χ0n) is 62.1. The van der Waals surface area contributed by atoms with Crippen LogP contribution in [-0.2, 0) is 23.8 Å². The molecule has 95 heavy (non-hydrogen) atoms. The summed E-state index contributed by atoms with van der Waals surface area (Å²) in [5, 5.41) is 54.3. The number of aliphatic hydroxyl groups is 5. The number of carbonyl (C=O) groups is 2. The number of ether oxygens (including phenoxy) is 3. The highest BCUT2D eigenvalue weighted by molar-refractivity contribution is 5.76. The monoisotopic (exact) mass is 1340 g/mol. The number of carbonyl (C=O) groups excluding carboxylic acids is 2. The van der Waals surface area contributed by atoms with Crippen molar-refractivity contribution in [2.24, 2.45) is 0 Å². The Balaban J connectivity index is 1.86. The average Bonchev–Trinajstić information content (AvgIpc) is 0.872. The third kappa shape index (κ3) is 61.0. The van der Waals surface area contributed by atoms with Crippen LogP contribution < -0.4 is 5.32 Å². The first-order chi connectivity index (χ1) is 46.7. The van der Waals surface area contributed by atoms with Gasteiger partial charge in [0.25, 0.3) is 0 Å². The van der Waals surface area contributed by atoms with Gasteiger partial charge >= 0.3 is 5.97 Å². The number of hydrogen-bond acceptors (Lipinski definition) is 10. The molecule has 0 spiro atoms. The molecule has 1 aliphatic heterocycles. The van der Waals surface area contributed by atoms with Gasteiger partial charge in [-0.15, -0.1) is 0 Å². The van der Waals surface area contributed by atoms with Crippen molar-refractivity contribution >= 4 is 11.9 Å². The van der Waals surface area contributed by atoms with Gasteiger partial charge < -0.3 is 45.1 Å². The Kier molecular flexibility index (Phi) is 69.1. The Bertz CT molecular complexity index is 1770. The fourth-order valence-electron chi connectivity index (χ4n) is 13.0. The maximum absolute atomic E-state index is 13.0. The smallest absolute Gasteiger partial charge is 0.305 e. The van der Waals surface area contributed by atoms with E-state index in [1.54, 1.807) is 6.08 Å². The Morgan fingerprint density at radius 3 is 1.15 bits per heavy atom. The summed E-state index contributed by atoms with van der Waals surface area (Å²) in [7, 11) is 0. The van der Waals surface area contributed by atoms with E-state index in [0.29, 0.717) is 19.4 Å². The first-order valence-corrected chi connectivity index (χ1v) is 41.1. The largest absolute Gasteiger partial charge is 0.466 e. The zero-order valence-corrected chi connectivity index (χ0v) is 62.1. The van der Waals surface area contributed by atoms with Gasteiger partial charge in [0.05, 0.1) is 32.0 Å². The Morgan fingerprint density at radius 2 is 0.747 bits per heavy atom. The summed E-state index contributed by atoms with van der Waals surface area (Å²) in [4.78, 5) is 25.2. The number of hydrogen-bond donors (Lipinski definition) is 6. The lowest BCUT2D eigenvalue weighted by molar-refractivity contribution is -0.302. The van der Waals surface area contributed by atoms with Crippen molar-refractivity contribution in [3.05, 3.63) is 60.8 Å². The third-order valence-electron chi connectivity index (χ3n) is 19.3. The fraction of sp³-hybridized carbons (Fsp3) is 0.857. The second-order valence-corrected chi connectivity index (χ2v) is 28.4. The van der Waals surface area contributed by atoms with Crippen molar-refractivity contribution in [2.45, 2.75) is 442 Å². The Hall–Kier alpha value is -2.64. The van der Waals surface area contributed by atoms with Crippen molar-refractivity contribution < 1.29 is 49.3 Å². The van der Waals surface area contributed by atoms with E-state index in [9.17, 15) is 35.1 Å². The number of esters is 1. The van der Waals surface area contributed by atoms with Crippen molar-refractivity contribution in [3.8, 4) is 0 Å². The summed E-state index contributed by atoms with van der Waals surface area (Å²) in [5.41, 5.74) is 0. The van der Waals surface area contributed by atoms with E-state index in [-0.39, 0.29) is 18.5 Å². The van der Waals surface area contributed by atoms with Crippen LogP contribution in [0.2, 0.25) is 0 Å². The lowest BCUT2D eigenvalue weighted by Gasteiger charge is -2.40. The molecule has 1 aliphatic rings. The molecule has 0 aromatic rings. The predicted octanol–water partition coefficient (Wildman–Crippen LogP) is 22.4. The van der Waals surface area contributed by atoms with Crippen LogP contribution in [0, 0.1) is 0 Å². The molecule has 0 aromatic carbocycles. The molecule has 0 aromatic heterocycles. The molecule has 1 rings (SSSR count). The van der Waals surface area contributed by atoms with Gasteiger partial charge in [-0.2, -0.15) is 0 Å². The summed E-state index contributed by atoms with van der Waals surface area (Å²) in [5.74, 6) is -0.175. The van der Waals surface area contributed by atoms with Gasteiger partial charge in [-0.05, 0) is 83.5 Å². The molecule has 11 heteroatoms. The van der Waals surface area contributed by atoms with E-state index < -0.39 is 49.5 Å². The molecule has 11 nitrogen and oxygen atoms in total. The molecule has 1 amide bonds. The third-order valence-corrected chi connectivity index (χ3v) is 19.3. The highest BCUT2D eigenvalue weighted by Crippen LogP contribution is 2.24. The van der Waals surface area contributed by atoms with E-state index in [1.165, 1.54) is 302 Å². The highest BCUT2D eigenvalue weighted by atomic mass is 16.7. The standard InChI is InChI=1S/C84H155NO10/c1-3-5-7-9-11-13-15-16-17-18-43-46-49-52-56-60-64-68-72-80(89)93-73-69-65-61-57-53-50-47-44-41-39-37-35-33-31-29-27-25-23-21-19-20-22-24-26-28-30-32-34-36-38-40-42-45-48-51-55-59-63-67-71-79(88)85-76(75-94-84-83(92)82(91)81(90)78(74-86)95-84)77(87)70-66-62-58-54-14-12-10-8-6-4-2/h6,8,14,19-20,23,25,54,66,70,76-78,81-84,86-87,90-92H,3-5,7,9-13,15-18,21-22,24,26-53,55-65,67-69,71-75H2,1-2H3,(H,85,88)/b8-6+,20-19-,25-23-,54-14+,70-66+. The van der Waals surface area contributed by atoms with Gasteiger partial charge in [-0.3, -0.25) is 9.59 Å². The molecular weight excluding hydrogens is 1180 g/mol. The molecule has 556 valence electrons. The van der Waals surface area contributed by atoms with Crippen molar-refractivity contribution in [1.29, 1.82) is 0 Å². The van der Waals surface area contributed by atoms with Crippen LogP contribution >= 0.6 is 0 Å². The van der Waals surface area contributed by atoms with Crippen LogP contribution in [0.1, 0.15) is 399 Å². The topological polar surface area (TPSA) is 175 Å². The minimum Gasteiger partial charge on any atom is -0.466 e. The minimum atomic E-state index is -1.58. The van der Waals surface area contributed by atoms with Crippen LogP contribution in [0.5, 0.6) is 0 Å². The molecule has 1 fully saturated rings. The number of nitrogens with one attached hydrogen (secondary N) is 1. The number of amides is 1. The van der Waals surface area contributed by atoms with E-state index in [1.807, 2.05) is 6.08 Å². The average molecular weight is 1340 g/mol. The summed E-state index contributed by atoms with van der Waals surface area (Å²) < 4.78 is 16.7. The van der Waals surface area contributed by atoms with Gasteiger partial charge in [0.15, 0.2) is 6.29 Å². The molecule has 0 saturated carbocycles. The highest BCUT2D eigenvalue weighted by Gasteiger charge is 2.44. The van der Waals surface area contributed by atoms with Crippen LogP contribution in [0.4, 0.5) is 0 Å². The summed E-state index contributed by atoms with van der Waals surface area (Å²) in [6.45, 7) is 4.25. The molecule has 0 bridgehead atoms. The van der Waals surface area contributed by atoms with Crippen LogP contribution in [0.15, 0.2) is 60.8 Å². The van der Waals surface area contributed by atoms with E-state index in [2.05, 4.69) is 67.8 Å². The second kappa shape index (κ2) is 72.6. The van der Waals surface area contributed by atoms with Crippen LogP contribution in [-0.4, -0.2) is 100 Å². The van der Waals surface area contributed by atoms with Crippen molar-refractivity contribution in [1.82, 2.24) is 5.32 Å². The molecule has 0 radical (unpaired) electrons. The molecule has 7 atom stereocenters. The molecule has 6 N–H and O–H groups in total. The number of aliphatic hydroxyl groups excluding tert-OH is 5. The first-order valence-electron chi connectivity index (χ1n) is 41.1. The molecule has 7 unspecified atom stereocenters. The van der Waals surface area contributed by atoms with Crippen molar-refractivity contribution in [2.75, 3.05) is 19.8 Å². The van der Waals surface area contributed by atoms with Crippen LogP contribution in [0.3, 0.4) is 0 Å². The van der Waals surface area contributed by atoms with Gasteiger partial charge in [0.2, 0.25) is 5.91 Å². The number of rotatable bonds is 73. The van der Waals surface area contributed by atoms with E-state index in [0.717, 1.165) is 70.6 Å². The normalized spacial score (nSPS) is 17.7. The molecule has 1 saturated heterocycles. The quantitative estimate of drug-likeness (QED) is 0.0195. The Morgan fingerprint density at radius 1 is 0.400 bits per heavy atom. The maximum atomic E-state index is 13.0. The Labute approximate surface area is 586 Å².